The average Bonchev–Trinajstić information content (AvgIpc) is 2.74. The molecule has 0 saturated carbocycles. The summed E-state index contributed by atoms with van der Waals surface area (Å²) in [4.78, 5) is 14.7. The van der Waals surface area contributed by atoms with E-state index in [4.69, 9.17) is 21.1 Å². The van der Waals surface area contributed by atoms with Gasteiger partial charge in [-0.2, -0.15) is 0 Å². The van der Waals surface area contributed by atoms with Gasteiger partial charge < -0.3 is 14.8 Å². The summed E-state index contributed by atoms with van der Waals surface area (Å²) >= 11 is 5.85. The van der Waals surface area contributed by atoms with E-state index in [2.05, 4.69) is 14.9 Å². The van der Waals surface area contributed by atoms with Gasteiger partial charge in [-0.3, -0.25) is 9.69 Å². The number of rotatable bonds is 8. The number of nitrogens with zero attached hydrogens (tertiary/aromatic N) is 1. The number of hydrogen-bond acceptors (Lipinski definition) is 6. The van der Waals surface area contributed by atoms with Crippen molar-refractivity contribution in [1.82, 2.24) is 9.62 Å². The number of anilines is 1. The van der Waals surface area contributed by atoms with Gasteiger partial charge in [0.25, 0.3) is 5.91 Å². The zero-order valence-corrected chi connectivity index (χ0v) is 18.1. The van der Waals surface area contributed by atoms with Crippen molar-refractivity contribution in [2.24, 2.45) is 0 Å². The van der Waals surface area contributed by atoms with E-state index in [-0.39, 0.29) is 17.1 Å². The lowest BCUT2D eigenvalue weighted by Crippen LogP contribution is -2.41. The van der Waals surface area contributed by atoms with Crippen molar-refractivity contribution in [2.75, 3.05) is 51.8 Å². The highest BCUT2D eigenvalue weighted by Crippen LogP contribution is 2.28. The smallest absolute Gasteiger partial charge is 0.255 e. The minimum absolute atomic E-state index is 0.0386. The maximum absolute atomic E-state index is 12.7. The monoisotopic (exact) mass is 453 g/mol. The number of methoxy groups -OCH3 is 1. The second kappa shape index (κ2) is 10.2. The van der Waals surface area contributed by atoms with Crippen LogP contribution in [0.4, 0.5) is 5.69 Å². The number of halogens is 1. The molecule has 0 aliphatic carbocycles. The summed E-state index contributed by atoms with van der Waals surface area (Å²) in [5.41, 5.74) is 0.645. The van der Waals surface area contributed by atoms with E-state index in [0.29, 0.717) is 36.1 Å². The number of carbonyl (C=O) groups is 1. The van der Waals surface area contributed by atoms with Gasteiger partial charge >= 0.3 is 0 Å². The Morgan fingerprint density at radius 3 is 2.53 bits per heavy atom. The first-order valence-electron chi connectivity index (χ1n) is 9.44. The largest absolute Gasteiger partial charge is 0.495 e. The third-order valence-corrected chi connectivity index (χ3v) is 6.37. The fourth-order valence-electron chi connectivity index (χ4n) is 2.99. The van der Waals surface area contributed by atoms with Crippen molar-refractivity contribution >= 4 is 33.2 Å². The predicted octanol–water partition coefficient (Wildman–Crippen LogP) is 2.21. The van der Waals surface area contributed by atoms with Gasteiger partial charge in [0.05, 0.1) is 30.9 Å². The molecule has 10 heteroatoms. The first-order valence-corrected chi connectivity index (χ1v) is 11.3. The Kier molecular flexibility index (Phi) is 7.68. The van der Waals surface area contributed by atoms with Crippen LogP contribution in [-0.4, -0.2) is 65.7 Å². The van der Waals surface area contributed by atoms with Crippen LogP contribution in [0.25, 0.3) is 0 Å². The molecule has 2 aromatic rings. The predicted molar refractivity (Wildman–Crippen MR) is 115 cm³/mol. The first kappa shape index (κ1) is 22.5. The lowest BCUT2D eigenvalue weighted by atomic mass is 10.2. The molecule has 0 radical (unpaired) electrons. The number of sulfonamides is 1. The van der Waals surface area contributed by atoms with Gasteiger partial charge in [0.15, 0.2) is 0 Å². The highest BCUT2D eigenvalue weighted by atomic mass is 35.5. The van der Waals surface area contributed by atoms with E-state index in [0.717, 1.165) is 13.1 Å². The van der Waals surface area contributed by atoms with Crippen LogP contribution in [0, 0.1) is 0 Å². The van der Waals surface area contributed by atoms with Gasteiger partial charge in [0, 0.05) is 36.8 Å². The van der Waals surface area contributed by atoms with E-state index in [9.17, 15) is 13.2 Å². The molecule has 162 valence electrons. The Balaban J connectivity index is 1.70. The molecule has 0 atom stereocenters. The van der Waals surface area contributed by atoms with Crippen LogP contribution in [-0.2, 0) is 14.8 Å². The molecule has 1 saturated heterocycles. The fraction of sp³-hybridized carbons (Fsp3) is 0.350. The summed E-state index contributed by atoms with van der Waals surface area (Å²) in [6.45, 7) is 3.75. The molecule has 1 amide bonds. The van der Waals surface area contributed by atoms with Crippen LogP contribution in [0.5, 0.6) is 5.75 Å². The molecule has 1 fully saturated rings. The lowest BCUT2D eigenvalue weighted by Gasteiger charge is -2.26. The van der Waals surface area contributed by atoms with Gasteiger partial charge in [0.2, 0.25) is 10.0 Å². The van der Waals surface area contributed by atoms with E-state index in [1.165, 1.54) is 25.3 Å². The fourth-order valence-corrected chi connectivity index (χ4v) is 4.17. The van der Waals surface area contributed by atoms with Crippen molar-refractivity contribution in [3.8, 4) is 5.75 Å². The molecule has 30 heavy (non-hydrogen) atoms. The summed E-state index contributed by atoms with van der Waals surface area (Å²) in [6.07, 6.45) is 0. The van der Waals surface area contributed by atoms with Crippen LogP contribution >= 0.6 is 11.6 Å². The Labute approximate surface area is 181 Å². The minimum Gasteiger partial charge on any atom is -0.495 e. The van der Waals surface area contributed by atoms with Crippen molar-refractivity contribution < 1.29 is 22.7 Å². The Bertz CT molecular complexity index is 976. The molecule has 0 aromatic heterocycles. The third kappa shape index (κ3) is 5.93. The molecule has 0 bridgehead atoms. The number of carbonyl (C=O) groups excluding carboxylic acids is 1. The lowest BCUT2D eigenvalue weighted by molar-refractivity contribution is 0.0390. The molecule has 1 aliphatic rings. The average molecular weight is 454 g/mol. The molecule has 8 nitrogen and oxygen atoms in total. The summed E-state index contributed by atoms with van der Waals surface area (Å²) < 4.78 is 38.5. The van der Waals surface area contributed by atoms with Gasteiger partial charge in [-0.1, -0.05) is 11.6 Å². The number of nitrogens with one attached hydrogen (secondary N) is 2. The van der Waals surface area contributed by atoms with Gasteiger partial charge in [-0.05, 0) is 42.5 Å². The zero-order valence-electron chi connectivity index (χ0n) is 16.6. The molecule has 3 rings (SSSR count). The topological polar surface area (TPSA) is 97.0 Å². The maximum Gasteiger partial charge on any atom is 0.255 e. The van der Waals surface area contributed by atoms with Crippen LogP contribution in [0.15, 0.2) is 47.4 Å². The van der Waals surface area contributed by atoms with Crippen molar-refractivity contribution in [2.45, 2.75) is 4.90 Å². The zero-order chi connectivity index (χ0) is 21.6. The molecule has 2 N–H and O–H groups in total. The number of ether oxygens (including phenoxy) is 2. The minimum atomic E-state index is -3.75. The highest BCUT2D eigenvalue weighted by Gasteiger charge is 2.19. The van der Waals surface area contributed by atoms with Crippen LogP contribution < -0.4 is 14.8 Å². The van der Waals surface area contributed by atoms with E-state index < -0.39 is 15.9 Å². The summed E-state index contributed by atoms with van der Waals surface area (Å²) in [5.74, 6) is -0.0515. The second-order valence-corrected chi connectivity index (χ2v) is 8.88. The molecule has 1 aliphatic heterocycles. The standard InChI is InChI=1S/C20H24ClN3O5S/c1-28-19-7-6-17(30(26,27)22-8-9-24-10-12-29-13-11-24)14-18(19)23-20(25)15-2-4-16(21)5-3-15/h2-7,14,22H,8-13H2,1H3,(H,23,25). The van der Waals surface area contributed by atoms with Crippen molar-refractivity contribution in [1.29, 1.82) is 0 Å². The van der Waals surface area contributed by atoms with Gasteiger partial charge in [0.1, 0.15) is 5.75 Å². The van der Waals surface area contributed by atoms with E-state index >= 15 is 0 Å². The molecule has 0 spiro atoms. The Morgan fingerprint density at radius 2 is 1.87 bits per heavy atom. The summed E-state index contributed by atoms with van der Waals surface area (Å²) in [7, 11) is -2.30. The number of hydrogen-bond donors (Lipinski definition) is 2. The van der Waals surface area contributed by atoms with E-state index in [1.54, 1.807) is 24.3 Å². The quantitative estimate of drug-likeness (QED) is 0.636. The highest BCUT2D eigenvalue weighted by molar-refractivity contribution is 7.89. The van der Waals surface area contributed by atoms with Crippen molar-refractivity contribution in [3.63, 3.8) is 0 Å². The number of amides is 1. The van der Waals surface area contributed by atoms with Crippen LogP contribution in [0.1, 0.15) is 10.4 Å². The normalized spacial score (nSPS) is 15.0. The van der Waals surface area contributed by atoms with Crippen LogP contribution in [0.2, 0.25) is 5.02 Å². The Hall–Kier alpha value is -2.17. The molecule has 1 heterocycles. The first-order chi connectivity index (χ1) is 14.4. The summed E-state index contributed by atoms with van der Waals surface area (Å²) in [5, 5.41) is 3.21. The third-order valence-electron chi connectivity index (χ3n) is 4.66. The maximum atomic E-state index is 12.7. The summed E-state index contributed by atoms with van der Waals surface area (Å²) in [6, 6.07) is 10.7. The molecular formula is C20H24ClN3O5S. The van der Waals surface area contributed by atoms with Crippen molar-refractivity contribution in [3.05, 3.63) is 53.1 Å². The number of morpholine rings is 1. The molecule has 0 unspecified atom stereocenters. The van der Waals surface area contributed by atoms with Gasteiger partial charge in [-0.25, -0.2) is 13.1 Å². The van der Waals surface area contributed by atoms with Crippen LogP contribution in [0.3, 0.4) is 0 Å². The molecular weight excluding hydrogens is 430 g/mol. The second-order valence-electron chi connectivity index (χ2n) is 6.67. The molecule has 2 aromatic carbocycles. The number of benzene rings is 2. The van der Waals surface area contributed by atoms with E-state index in [1.807, 2.05) is 0 Å². The Morgan fingerprint density at radius 1 is 1.17 bits per heavy atom. The SMILES string of the molecule is COc1ccc(S(=O)(=O)NCCN2CCOCC2)cc1NC(=O)c1ccc(Cl)cc1. The van der Waals surface area contributed by atoms with Gasteiger partial charge in [-0.15, -0.1) is 0 Å².